The molecule has 0 saturated heterocycles. The lowest BCUT2D eigenvalue weighted by Crippen LogP contribution is -2.42. The van der Waals surface area contributed by atoms with Gasteiger partial charge in [-0.15, -0.1) is 11.3 Å². The van der Waals surface area contributed by atoms with Crippen molar-refractivity contribution in [2.24, 2.45) is 5.73 Å². The zero-order valence-electron chi connectivity index (χ0n) is 17.0. The lowest BCUT2D eigenvalue weighted by molar-refractivity contribution is -0.128. The fraction of sp³-hybridized carbons (Fsp3) is 0.174. The van der Waals surface area contributed by atoms with Crippen LogP contribution in [0.25, 0.3) is 11.1 Å². The molecule has 0 aliphatic carbocycles. The molecule has 2 aromatic carbocycles. The Hall–Kier alpha value is -3.45. The summed E-state index contributed by atoms with van der Waals surface area (Å²) < 4.78 is 5.86. The molecule has 3 aromatic rings. The van der Waals surface area contributed by atoms with Crippen LogP contribution < -0.4 is 15.8 Å². The molecular formula is C23H23N3O3S. The van der Waals surface area contributed by atoms with Gasteiger partial charge >= 0.3 is 0 Å². The molecule has 0 saturated carbocycles. The van der Waals surface area contributed by atoms with Crippen LogP contribution in [-0.4, -0.2) is 23.1 Å². The normalized spacial score (nSPS) is 11.0. The van der Waals surface area contributed by atoms with Gasteiger partial charge in [-0.25, -0.2) is 0 Å². The van der Waals surface area contributed by atoms with Crippen molar-refractivity contribution in [2.45, 2.75) is 26.4 Å². The lowest BCUT2D eigenvalue weighted by Gasteiger charge is -2.25. The van der Waals surface area contributed by atoms with Gasteiger partial charge in [-0.2, -0.15) is 0 Å². The van der Waals surface area contributed by atoms with Crippen LogP contribution in [0.15, 0.2) is 60.0 Å². The second kappa shape index (κ2) is 8.51. The SMILES string of the molecule is CC(=O)c1ccc(OC(C)(C)C(=O)Nc2cccc(-c3csc(C(=N)N)c3)c2)cc1. The smallest absolute Gasteiger partial charge is 0.267 e. The van der Waals surface area contributed by atoms with E-state index in [0.717, 1.165) is 11.1 Å². The van der Waals surface area contributed by atoms with Crippen molar-refractivity contribution in [3.8, 4) is 16.9 Å². The van der Waals surface area contributed by atoms with Gasteiger partial charge in [0.15, 0.2) is 11.4 Å². The maximum absolute atomic E-state index is 12.8. The standard InChI is InChI=1S/C23H23N3O3S/c1-14(27)15-7-9-19(10-8-15)29-23(2,3)22(28)26-18-6-4-5-16(11-18)17-12-20(21(24)25)30-13-17/h4-13H,1-3H3,(H3,24,25)(H,26,28). The number of benzene rings is 2. The third-order valence-electron chi connectivity index (χ3n) is 4.50. The third-order valence-corrected chi connectivity index (χ3v) is 5.46. The molecule has 0 spiro atoms. The number of carbonyl (C=O) groups excluding carboxylic acids is 2. The number of thiophene rings is 1. The van der Waals surface area contributed by atoms with Gasteiger partial charge in [0.25, 0.3) is 5.91 Å². The maximum Gasteiger partial charge on any atom is 0.267 e. The summed E-state index contributed by atoms with van der Waals surface area (Å²) in [4.78, 5) is 24.9. The van der Waals surface area contributed by atoms with Gasteiger partial charge in [0, 0.05) is 11.3 Å². The molecule has 6 nitrogen and oxygen atoms in total. The molecule has 154 valence electrons. The number of Topliss-reactive ketones (excluding diaryl/α,β-unsaturated/α-hetero) is 1. The Labute approximate surface area is 179 Å². The summed E-state index contributed by atoms with van der Waals surface area (Å²) in [7, 11) is 0. The molecule has 1 aromatic heterocycles. The molecule has 0 bridgehead atoms. The summed E-state index contributed by atoms with van der Waals surface area (Å²) in [6, 6.07) is 16.0. The van der Waals surface area contributed by atoms with Crippen LogP contribution in [0.1, 0.15) is 36.0 Å². The Balaban J connectivity index is 1.72. The van der Waals surface area contributed by atoms with Gasteiger partial charge in [-0.05, 0) is 79.7 Å². The highest BCUT2D eigenvalue weighted by molar-refractivity contribution is 7.12. The van der Waals surface area contributed by atoms with Crippen molar-refractivity contribution in [1.29, 1.82) is 5.41 Å². The summed E-state index contributed by atoms with van der Waals surface area (Å²) in [6.45, 7) is 4.87. The van der Waals surface area contributed by atoms with Gasteiger partial charge < -0.3 is 15.8 Å². The van der Waals surface area contributed by atoms with Crippen molar-refractivity contribution in [3.63, 3.8) is 0 Å². The van der Waals surface area contributed by atoms with Crippen LogP contribution in [0.5, 0.6) is 5.75 Å². The molecule has 0 unspecified atom stereocenters. The fourth-order valence-electron chi connectivity index (χ4n) is 2.79. The molecule has 30 heavy (non-hydrogen) atoms. The Morgan fingerprint density at radius 1 is 1.07 bits per heavy atom. The van der Waals surface area contributed by atoms with Crippen LogP contribution >= 0.6 is 11.3 Å². The van der Waals surface area contributed by atoms with Gasteiger partial charge in [0.05, 0.1) is 4.88 Å². The summed E-state index contributed by atoms with van der Waals surface area (Å²) in [6.07, 6.45) is 0. The van der Waals surface area contributed by atoms with Crippen molar-refractivity contribution >= 4 is 34.6 Å². The summed E-state index contributed by atoms with van der Waals surface area (Å²) in [5.41, 5.74) is 7.48. The van der Waals surface area contributed by atoms with E-state index in [9.17, 15) is 9.59 Å². The van der Waals surface area contributed by atoms with Crippen molar-refractivity contribution in [2.75, 3.05) is 5.32 Å². The van der Waals surface area contributed by atoms with E-state index in [1.165, 1.54) is 18.3 Å². The van der Waals surface area contributed by atoms with Crippen LogP contribution in [0.3, 0.4) is 0 Å². The van der Waals surface area contributed by atoms with E-state index < -0.39 is 5.60 Å². The predicted molar refractivity (Wildman–Crippen MR) is 121 cm³/mol. The Morgan fingerprint density at radius 3 is 2.37 bits per heavy atom. The van der Waals surface area contributed by atoms with E-state index >= 15 is 0 Å². The maximum atomic E-state index is 12.8. The highest BCUT2D eigenvalue weighted by Gasteiger charge is 2.30. The fourth-order valence-corrected chi connectivity index (χ4v) is 3.57. The van der Waals surface area contributed by atoms with E-state index in [-0.39, 0.29) is 17.5 Å². The molecule has 0 aliphatic rings. The van der Waals surface area contributed by atoms with E-state index in [4.69, 9.17) is 15.9 Å². The monoisotopic (exact) mass is 421 g/mol. The van der Waals surface area contributed by atoms with Crippen molar-refractivity contribution < 1.29 is 14.3 Å². The summed E-state index contributed by atoms with van der Waals surface area (Å²) in [5, 5.41) is 12.4. The van der Waals surface area contributed by atoms with Crippen LogP contribution in [-0.2, 0) is 4.79 Å². The lowest BCUT2D eigenvalue weighted by atomic mass is 10.1. The number of hydrogen-bond acceptors (Lipinski definition) is 5. The first-order chi connectivity index (χ1) is 14.2. The zero-order valence-corrected chi connectivity index (χ0v) is 17.8. The van der Waals surface area contributed by atoms with E-state index in [1.54, 1.807) is 44.2 Å². The number of ether oxygens (including phenoxy) is 1. The minimum atomic E-state index is -1.13. The number of nitrogen functional groups attached to an aromatic ring is 1. The average molecular weight is 422 g/mol. The molecule has 3 rings (SSSR count). The Bertz CT molecular complexity index is 1100. The zero-order chi connectivity index (χ0) is 21.9. The quantitative estimate of drug-likeness (QED) is 0.292. The summed E-state index contributed by atoms with van der Waals surface area (Å²) >= 11 is 1.40. The van der Waals surface area contributed by atoms with Crippen LogP contribution in [0.4, 0.5) is 5.69 Å². The number of nitrogens with one attached hydrogen (secondary N) is 2. The first kappa shape index (κ1) is 21.3. The van der Waals surface area contributed by atoms with Gasteiger partial charge in [0.2, 0.25) is 0 Å². The molecule has 4 N–H and O–H groups in total. The Morgan fingerprint density at radius 2 is 1.77 bits per heavy atom. The number of hydrogen-bond donors (Lipinski definition) is 3. The number of amides is 1. The number of anilines is 1. The number of carbonyl (C=O) groups is 2. The molecule has 1 heterocycles. The second-order valence-electron chi connectivity index (χ2n) is 7.34. The predicted octanol–water partition coefficient (Wildman–Crippen LogP) is 4.70. The van der Waals surface area contributed by atoms with E-state index in [2.05, 4.69) is 5.32 Å². The van der Waals surface area contributed by atoms with Crippen molar-refractivity contribution in [1.82, 2.24) is 0 Å². The topological polar surface area (TPSA) is 105 Å². The minimum absolute atomic E-state index is 0.0283. The van der Waals surface area contributed by atoms with Gasteiger partial charge in [0.1, 0.15) is 11.6 Å². The molecule has 1 amide bonds. The number of ketones is 1. The Kier molecular flexibility index (Phi) is 6.03. The molecule has 7 heteroatoms. The molecule has 0 aliphatic heterocycles. The molecular weight excluding hydrogens is 398 g/mol. The first-order valence-corrected chi connectivity index (χ1v) is 10.2. The third kappa shape index (κ3) is 4.93. The van der Waals surface area contributed by atoms with E-state index in [1.807, 2.05) is 29.6 Å². The number of nitrogens with two attached hydrogens (primary N) is 1. The summed E-state index contributed by atoms with van der Waals surface area (Å²) in [5.74, 6) is 0.208. The average Bonchev–Trinajstić information content (AvgIpc) is 3.19. The number of amidine groups is 1. The minimum Gasteiger partial charge on any atom is -0.478 e. The van der Waals surface area contributed by atoms with Gasteiger partial charge in [-0.3, -0.25) is 15.0 Å². The highest BCUT2D eigenvalue weighted by atomic mass is 32.1. The molecule has 0 radical (unpaired) electrons. The van der Waals surface area contributed by atoms with Crippen LogP contribution in [0.2, 0.25) is 0 Å². The highest BCUT2D eigenvalue weighted by Crippen LogP contribution is 2.28. The first-order valence-electron chi connectivity index (χ1n) is 9.30. The van der Waals surface area contributed by atoms with Gasteiger partial charge in [-0.1, -0.05) is 12.1 Å². The largest absolute Gasteiger partial charge is 0.478 e. The number of rotatable bonds is 7. The van der Waals surface area contributed by atoms with E-state index in [0.29, 0.717) is 21.9 Å². The van der Waals surface area contributed by atoms with Crippen molar-refractivity contribution in [3.05, 3.63) is 70.4 Å². The molecule has 0 atom stereocenters. The molecule has 0 fully saturated rings. The second-order valence-corrected chi connectivity index (χ2v) is 8.25. The van der Waals surface area contributed by atoms with Crippen LogP contribution in [0, 0.1) is 5.41 Å².